The molecule has 1 saturated heterocycles. The minimum Gasteiger partial charge on any atom is -0.461 e. The Labute approximate surface area is 132 Å². The van der Waals surface area contributed by atoms with Crippen LogP contribution in [0.25, 0.3) is 11.6 Å². The number of hydrogen-bond acceptors (Lipinski definition) is 6. The molecule has 22 heavy (non-hydrogen) atoms. The van der Waals surface area contributed by atoms with Crippen LogP contribution in [-0.2, 0) is 4.79 Å². The van der Waals surface area contributed by atoms with E-state index in [2.05, 4.69) is 17.1 Å². The third kappa shape index (κ3) is 3.11. The van der Waals surface area contributed by atoms with E-state index in [1.54, 1.807) is 18.4 Å². The SMILES string of the molecule is C[C@H]1CCCN(C(=O)CSc2nnc(-c3ccco3)n2N)C1. The van der Waals surface area contributed by atoms with Gasteiger partial charge in [-0.1, -0.05) is 18.7 Å². The van der Waals surface area contributed by atoms with Gasteiger partial charge in [0, 0.05) is 13.1 Å². The number of furan rings is 1. The Morgan fingerprint density at radius 2 is 2.41 bits per heavy atom. The van der Waals surface area contributed by atoms with Crippen molar-refractivity contribution in [2.24, 2.45) is 5.92 Å². The quantitative estimate of drug-likeness (QED) is 0.679. The van der Waals surface area contributed by atoms with Gasteiger partial charge in [0.05, 0.1) is 12.0 Å². The van der Waals surface area contributed by atoms with Crippen LogP contribution in [0.1, 0.15) is 19.8 Å². The molecule has 0 radical (unpaired) electrons. The molecule has 8 heteroatoms. The number of thioether (sulfide) groups is 1. The molecule has 1 aliphatic heterocycles. The molecule has 0 aromatic carbocycles. The molecule has 0 bridgehead atoms. The van der Waals surface area contributed by atoms with E-state index in [-0.39, 0.29) is 5.91 Å². The Morgan fingerprint density at radius 3 is 3.14 bits per heavy atom. The first-order valence-electron chi connectivity index (χ1n) is 7.30. The first-order chi connectivity index (χ1) is 10.6. The first kappa shape index (κ1) is 15.0. The summed E-state index contributed by atoms with van der Waals surface area (Å²) in [6.45, 7) is 3.86. The molecule has 2 aromatic heterocycles. The van der Waals surface area contributed by atoms with Crippen LogP contribution in [0.2, 0.25) is 0 Å². The first-order valence-corrected chi connectivity index (χ1v) is 8.28. The number of likely N-dealkylation sites (tertiary alicyclic amines) is 1. The monoisotopic (exact) mass is 321 g/mol. The van der Waals surface area contributed by atoms with Gasteiger partial charge in [-0.3, -0.25) is 4.79 Å². The minimum absolute atomic E-state index is 0.124. The third-order valence-electron chi connectivity index (χ3n) is 3.74. The summed E-state index contributed by atoms with van der Waals surface area (Å²) in [6.07, 6.45) is 3.83. The Bertz CT molecular complexity index is 640. The van der Waals surface area contributed by atoms with Crippen molar-refractivity contribution >= 4 is 17.7 Å². The zero-order valence-corrected chi connectivity index (χ0v) is 13.3. The van der Waals surface area contributed by atoms with Gasteiger partial charge in [-0.25, -0.2) is 4.68 Å². The molecular weight excluding hydrogens is 302 g/mol. The second kappa shape index (κ2) is 6.43. The number of carbonyl (C=O) groups excluding carboxylic acids is 1. The maximum atomic E-state index is 12.3. The topological polar surface area (TPSA) is 90.2 Å². The number of carbonyl (C=O) groups is 1. The Kier molecular flexibility index (Phi) is 4.37. The maximum Gasteiger partial charge on any atom is 0.233 e. The van der Waals surface area contributed by atoms with Crippen LogP contribution in [-0.4, -0.2) is 44.5 Å². The number of piperidine rings is 1. The third-order valence-corrected chi connectivity index (χ3v) is 4.67. The molecule has 1 atom stereocenters. The summed E-state index contributed by atoms with van der Waals surface area (Å²) < 4.78 is 6.62. The summed E-state index contributed by atoms with van der Waals surface area (Å²) in [5.41, 5.74) is 0. The standard InChI is InChI=1S/C14H19N5O2S/c1-10-4-2-6-18(8-10)12(20)9-22-14-17-16-13(19(14)15)11-5-3-7-21-11/h3,5,7,10H,2,4,6,8-9,15H2,1H3/t10-/m0/s1. The molecule has 118 valence electrons. The molecule has 3 heterocycles. The summed E-state index contributed by atoms with van der Waals surface area (Å²) >= 11 is 1.30. The van der Waals surface area contributed by atoms with E-state index in [0.29, 0.717) is 28.4 Å². The zero-order valence-electron chi connectivity index (χ0n) is 12.4. The van der Waals surface area contributed by atoms with Gasteiger partial charge in [0.2, 0.25) is 16.9 Å². The van der Waals surface area contributed by atoms with Gasteiger partial charge in [0.15, 0.2) is 5.76 Å². The van der Waals surface area contributed by atoms with Crippen LogP contribution in [0.15, 0.2) is 28.0 Å². The van der Waals surface area contributed by atoms with Gasteiger partial charge in [0.25, 0.3) is 0 Å². The van der Waals surface area contributed by atoms with Crippen molar-refractivity contribution in [1.29, 1.82) is 0 Å². The molecule has 1 amide bonds. The van der Waals surface area contributed by atoms with Crippen molar-refractivity contribution in [3.8, 4) is 11.6 Å². The number of hydrogen-bond donors (Lipinski definition) is 1. The lowest BCUT2D eigenvalue weighted by Gasteiger charge is -2.30. The van der Waals surface area contributed by atoms with E-state index in [0.717, 1.165) is 19.5 Å². The average molecular weight is 321 g/mol. The largest absolute Gasteiger partial charge is 0.461 e. The average Bonchev–Trinajstić information content (AvgIpc) is 3.14. The van der Waals surface area contributed by atoms with E-state index in [9.17, 15) is 4.79 Å². The molecule has 2 N–H and O–H groups in total. The summed E-state index contributed by atoms with van der Waals surface area (Å²) in [5, 5.41) is 8.54. The second-order valence-electron chi connectivity index (χ2n) is 5.53. The van der Waals surface area contributed by atoms with Gasteiger partial charge in [-0.05, 0) is 30.9 Å². The fraction of sp³-hybridized carbons (Fsp3) is 0.500. The molecule has 1 fully saturated rings. The molecule has 0 spiro atoms. The Morgan fingerprint density at radius 1 is 1.55 bits per heavy atom. The highest BCUT2D eigenvalue weighted by Crippen LogP contribution is 2.23. The highest BCUT2D eigenvalue weighted by molar-refractivity contribution is 7.99. The van der Waals surface area contributed by atoms with Crippen LogP contribution in [0.4, 0.5) is 0 Å². The van der Waals surface area contributed by atoms with Gasteiger partial charge >= 0.3 is 0 Å². The van der Waals surface area contributed by atoms with Gasteiger partial charge in [0.1, 0.15) is 0 Å². The van der Waals surface area contributed by atoms with Gasteiger partial charge in [-0.15, -0.1) is 10.2 Å². The number of rotatable bonds is 4. The van der Waals surface area contributed by atoms with Crippen LogP contribution in [0, 0.1) is 5.92 Å². The maximum absolute atomic E-state index is 12.3. The highest BCUT2D eigenvalue weighted by Gasteiger charge is 2.22. The highest BCUT2D eigenvalue weighted by atomic mass is 32.2. The van der Waals surface area contributed by atoms with Crippen LogP contribution < -0.4 is 5.84 Å². The van der Waals surface area contributed by atoms with Crippen LogP contribution in [0.5, 0.6) is 0 Å². The molecule has 0 aliphatic carbocycles. The van der Waals surface area contributed by atoms with E-state index in [1.165, 1.54) is 22.9 Å². The van der Waals surface area contributed by atoms with Crippen molar-refractivity contribution in [2.45, 2.75) is 24.9 Å². The summed E-state index contributed by atoms with van der Waals surface area (Å²) in [4.78, 5) is 14.2. The lowest BCUT2D eigenvalue weighted by atomic mass is 10.0. The Balaban J connectivity index is 1.61. The molecule has 1 aliphatic rings. The molecule has 0 saturated carbocycles. The molecule has 7 nitrogen and oxygen atoms in total. The van der Waals surface area contributed by atoms with E-state index in [4.69, 9.17) is 10.3 Å². The smallest absolute Gasteiger partial charge is 0.233 e. The fourth-order valence-corrected chi connectivity index (χ4v) is 3.34. The predicted octanol–water partition coefficient (Wildman–Crippen LogP) is 1.60. The predicted molar refractivity (Wildman–Crippen MR) is 83.6 cm³/mol. The summed E-state index contributed by atoms with van der Waals surface area (Å²) in [5.74, 6) is 7.99. The minimum atomic E-state index is 0.124. The zero-order chi connectivity index (χ0) is 15.5. The van der Waals surface area contributed by atoms with Crippen molar-refractivity contribution in [3.05, 3.63) is 18.4 Å². The summed E-state index contributed by atoms with van der Waals surface area (Å²) in [6, 6.07) is 3.53. The lowest BCUT2D eigenvalue weighted by Crippen LogP contribution is -2.40. The van der Waals surface area contributed by atoms with Crippen LogP contribution in [0.3, 0.4) is 0 Å². The normalized spacial score (nSPS) is 18.6. The number of nitrogen functional groups attached to an aromatic ring is 1. The van der Waals surface area contributed by atoms with E-state index in [1.807, 2.05) is 4.90 Å². The van der Waals surface area contributed by atoms with E-state index >= 15 is 0 Å². The lowest BCUT2D eigenvalue weighted by molar-refractivity contribution is -0.130. The van der Waals surface area contributed by atoms with Crippen molar-refractivity contribution in [1.82, 2.24) is 19.8 Å². The fourth-order valence-electron chi connectivity index (χ4n) is 2.58. The van der Waals surface area contributed by atoms with Crippen molar-refractivity contribution < 1.29 is 9.21 Å². The van der Waals surface area contributed by atoms with Gasteiger partial charge < -0.3 is 15.2 Å². The summed E-state index contributed by atoms with van der Waals surface area (Å²) in [7, 11) is 0. The van der Waals surface area contributed by atoms with Crippen LogP contribution >= 0.6 is 11.8 Å². The van der Waals surface area contributed by atoms with Gasteiger partial charge in [-0.2, -0.15) is 0 Å². The number of nitrogens with two attached hydrogens (primary N) is 1. The van der Waals surface area contributed by atoms with E-state index < -0.39 is 0 Å². The molecule has 3 rings (SSSR count). The number of amides is 1. The molecule has 0 unspecified atom stereocenters. The molecule has 2 aromatic rings. The number of nitrogens with zero attached hydrogens (tertiary/aromatic N) is 4. The number of aromatic nitrogens is 3. The Hall–Kier alpha value is -1.96. The van der Waals surface area contributed by atoms with Crippen molar-refractivity contribution in [2.75, 3.05) is 24.7 Å². The second-order valence-corrected chi connectivity index (χ2v) is 6.47. The molecular formula is C14H19N5O2S. The van der Waals surface area contributed by atoms with Crippen molar-refractivity contribution in [3.63, 3.8) is 0 Å².